The fourth-order valence-electron chi connectivity index (χ4n) is 2.35. The van der Waals surface area contributed by atoms with E-state index in [4.69, 9.17) is 4.74 Å². The molecular formula is C18H20N4O2. The van der Waals surface area contributed by atoms with Gasteiger partial charge in [-0.2, -0.15) is 5.10 Å². The monoisotopic (exact) mass is 324 g/mol. The second-order valence-electron chi connectivity index (χ2n) is 5.73. The number of pyridine rings is 1. The molecular weight excluding hydrogens is 304 g/mol. The summed E-state index contributed by atoms with van der Waals surface area (Å²) < 4.78 is 5.62. The van der Waals surface area contributed by atoms with Crippen LogP contribution in [0.5, 0.6) is 5.75 Å². The van der Waals surface area contributed by atoms with Crippen molar-refractivity contribution < 1.29 is 9.53 Å². The van der Waals surface area contributed by atoms with Crippen molar-refractivity contribution in [1.29, 1.82) is 0 Å². The summed E-state index contributed by atoms with van der Waals surface area (Å²) in [5.41, 5.74) is 2.77. The third-order valence-electron chi connectivity index (χ3n) is 3.66. The third-order valence-corrected chi connectivity index (χ3v) is 3.66. The number of H-pyrrole nitrogens is 1. The molecule has 0 aliphatic carbocycles. The highest BCUT2D eigenvalue weighted by atomic mass is 16.5. The normalized spacial score (nSPS) is 10.8. The summed E-state index contributed by atoms with van der Waals surface area (Å²) in [5, 5.41) is 10.6. The number of aryl methyl sites for hydroxylation is 2. The van der Waals surface area contributed by atoms with Crippen LogP contribution in [0, 0.1) is 13.8 Å². The van der Waals surface area contributed by atoms with Gasteiger partial charge in [0.2, 0.25) is 5.91 Å². The van der Waals surface area contributed by atoms with Crippen LogP contribution in [0.2, 0.25) is 0 Å². The number of nitrogens with zero attached hydrogens (tertiary/aromatic N) is 2. The molecule has 24 heavy (non-hydrogen) atoms. The van der Waals surface area contributed by atoms with Gasteiger partial charge < -0.3 is 10.1 Å². The maximum atomic E-state index is 12.0. The molecule has 0 aliphatic rings. The van der Waals surface area contributed by atoms with Crippen LogP contribution in [-0.4, -0.2) is 27.7 Å². The number of fused-ring (bicyclic) bond motifs is 1. The molecule has 0 unspecified atom stereocenters. The van der Waals surface area contributed by atoms with Crippen molar-refractivity contribution in [3.05, 3.63) is 47.7 Å². The molecule has 3 aromatic rings. The summed E-state index contributed by atoms with van der Waals surface area (Å²) in [6.07, 6.45) is 1.01. The fraction of sp³-hybridized carbons (Fsp3) is 0.278. The first-order valence-electron chi connectivity index (χ1n) is 7.93. The van der Waals surface area contributed by atoms with Crippen molar-refractivity contribution in [2.24, 2.45) is 0 Å². The van der Waals surface area contributed by atoms with Crippen LogP contribution in [0.15, 0.2) is 36.4 Å². The number of benzene rings is 1. The summed E-state index contributed by atoms with van der Waals surface area (Å²) in [4.78, 5) is 16.4. The van der Waals surface area contributed by atoms with Gasteiger partial charge in [-0.1, -0.05) is 17.7 Å². The van der Waals surface area contributed by atoms with Crippen LogP contribution in [0.3, 0.4) is 0 Å². The molecule has 0 radical (unpaired) electrons. The smallest absolute Gasteiger partial charge is 0.225 e. The largest absolute Gasteiger partial charge is 0.494 e. The van der Waals surface area contributed by atoms with Gasteiger partial charge in [-0.25, -0.2) is 4.98 Å². The molecule has 0 spiro atoms. The van der Waals surface area contributed by atoms with E-state index in [0.29, 0.717) is 30.9 Å². The van der Waals surface area contributed by atoms with Crippen molar-refractivity contribution in [3.8, 4) is 5.75 Å². The molecule has 0 atom stereocenters. The quantitative estimate of drug-likeness (QED) is 0.681. The maximum Gasteiger partial charge on any atom is 0.225 e. The zero-order valence-electron chi connectivity index (χ0n) is 13.8. The van der Waals surface area contributed by atoms with Crippen molar-refractivity contribution in [2.45, 2.75) is 26.7 Å². The number of ether oxygens (including phenoxy) is 1. The Kier molecular flexibility index (Phi) is 4.74. The molecule has 2 N–H and O–H groups in total. The molecule has 1 amide bonds. The molecule has 3 rings (SSSR count). The highest BCUT2D eigenvalue weighted by molar-refractivity contribution is 5.98. The van der Waals surface area contributed by atoms with Crippen LogP contribution in [0.1, 0.15) is 24.1 Å². The number of carbonyl (C=O) groups excluding carboxylic acids is 1. The SMILES string of the molecule is Cc1ccc(OCCCC(=O)Nc2n[nH]c3nc(C)ccc23)cc1. The lowest BCUT2D eigenvalue weighted by Gasteiger charge is -2.06. The van der Waals surface area contributed by atoms with E-state index in [0.717, 1.165) is 16.8 Å². The minimum Gasteiger partial charge on any atom is -0.494 e. The zero-order chi connectivity index (χ0) is 16.9. The Hall–Kier alpha value is -2.89. The Morgan fingerprint density at radius 3 is 2.75 bits per heavy atom. The van der Waals surface area contributed by atoms with E-state index in [2.05, 4.69) is 20.5 Å². The number of hydrogen-bond donors (Lipinski definition) is 2. The van der Waals surface area contributed by atoms with E-state index in [1.807, 2.05) is 50.2 Å². The van der Waals surface area contributed by atoms with E-state index in [1.165, 1.54) is 5.56 Å². The first-order valence-corrected chi connectivity index (χ1v) is 7.93. The second kappa shape index (κ2) is 7.12. The van der Waals surface area contributed by atoms with Gasteiger partial charge in [-0.05, 0) is 44.5 Å². The molecule has 124 valence electrons. The van der Waals surface area contributed by atoms with Gasteiger partial charge in [0.05, 0.1) is 12.0 Å². The molecule has 2 heterocycles. The predicted octanol–water partition coefficient (Wildman–Crippen LogP) is 3.37. The summed E-state index contributed by atoms with van der Waals surface area (Å²) in [7, 11) is 0. The highest BCUT2D eigenvalue weighted by Crippen LogP contribution is 2.19. The number of carbonyl (C=O) groups is 1. The lowest BCUT2D eigenvalue weighted by atomic mass is 10.2. The van der Waals surface area contributed by atoms with Crippen molar-refractivity contribution in [2.75, 3.05) is 11.9 Å². The third kappa shape index (κ3) is 3.90. The maximum absolute atomic E-state index is 12.0. The van der Waals surface area contributed by atoms with Gasteiger partial charge in [0.1, 0.15) is 5.75 Å². The molecule has 6 heteroatoms. The van der Waals surface area contributed by atoms with Gasteiger partial charge in [-0.3, -0.25) is 9.89 Å². The number of hydrogen-bond acceptors (Lipinski definition) is 4. The number of nitrogens with one attached hydrogen (secondary N) is 2. The Labute approximate surface area is 140 Å². The van der Waals surface area contributed by atoms with Crippen molar-refractivity contribution in [1.82, 2.24) is 15.2 Å². The second-order valence-corrected chi connectivity index (χ2v) is 5.73. The first-order chi connectivity index (χ1) is 11.6. The van der Waals surface area contributed by atoms with Crippen molar-refractivity contribution >= 4 is 22.8 Å². The van der Waals surface area contributed by atoms with Gasteiger partial charge in [0.15, 0.2) is 11.5 Å². The Morgan fingerprint density at radius 2 is 1.96 bits per heavy atom. The standard InChI is InChI=1S/C18H20N4O2/c1-12-5-8-14(9-6-12)24-11-3-4-16(23)20-18-15-10-7-13(2)19-17(15)21-22-18/h5-10H,3-4,11H2,1-2H3,(H2,19,20,21,22,23). The molecule has 2 aromatic heterocycles. The van der Waals surface area contributed by atoms with Gasteiger partial charge in [0, 0.05) is 12.1 Å². The van der Waals surface area contributed by atoms with E-state index in [1.54, 1.807) is 0 Å². The van der Waals surface area contributed by atoms with E-state index < -0.39 is 0 Å². The number of anilines is 1. The number of aromatic amines is 1. The van der Waals surface area contributed by atoms with Crippen LogP contribution in [0.4, 0.5) is 5.82 Å². The molecule has 0 fully saturated rings. The summed E-state index contributed by atoms with van der Waals surface area (Å²) in [5.74, 6) is 1.25. The fourth-order valence-corrected chi connectivity index (χ4v) is 2.35. The number of amides is 1. The van der Waals surface area contributed by atoms with Crippen LogP contribution >= 0.6 is 0 Å². The Balaban J connectivity index is 1.47. The Bertz CT molecular complexity index is 840. The van der Waals surface area contributed by atoms with Crippen LogP contribution in [-0.2, 0) is 4.79 Å². The van der Waals surface area contributed by atoms with E-state index in [9.17, 15) is 4.79 Å². The highest BCUT2D eigenvalue weighted by Gasteiger charge is 2.10. The number of aromatic nitrogens is 3. The number of rotatable bonds is 6. The Morgan fingerprint density at radius 1 is 1.17 bits per heavy atom. The predicted molar refractivity (Wildman–Crippen MR) is 93.2 cm³/mol. The van der Waals surface area contributed by atoms with Crippen LogP contribution < -0.4 is 10.1 Å². The molecule has 0 saturated heterocycles. The van der Waals surface area contributed by atoms with E-state index >= 15 is 0 Å². The van der Waals surface area contributed by atoms with Gasteiger partial charge >= 0.3 is 0 Å². The lowest BCUT2D eigenvalue weighted by Crippen LogP contribution is -2.13. The van der Waals surface area contributed by atoms with Crippen LogP contribution in [0.25, 0.3) is 11.0 Å². The average molecular weight is 324 g/mol. The van der Waals surface area contributed by atoms with E-state index in [-0.39, 0.29) is 5.91 Å². The van der Waals surface area contributed by atoms with Gasteiger partial charge in [0.25, 0.3) is 0 Å². The minimum atomic E-state index is -0.0866. The first kappa shape index (κ1) is 16.0. The summed E-state index contributed by atoms with van der Waals surface area (Å²) in [6.45, 7) is 4.44. The van der Waals surface area contributed by atoms with Gasteiger partial charge in [-0.15, -0.1) is 0 Å². The molecule has 1 aromatic carbocycles. The minimum absolute atomic E-state index is 0.0866. The zero-order valence-corrected chi connectivity index (χ0v) is 13.8. The summed E-state index contributed by atoms with van der Waals surface area (Å²) in [6, 6.07) is 11.7. The molecule has 0 bridgehead atoms. The van der Waals surface area contributed by atoms with Crippen molar-refractivity contribution in [3.63, 3.8) is 0 Å². The summed E-state index contributed by atoms with van der Waals surface area (Å²) >= 11 is 0. The molecule has 6 nitrogen and oxygen atoms in total. The molecule has 0 saturated carbocycles. The topological polar surface area (TPSA) is 79.9 Å². The molecule has 0 aliphatic heterocycles. The lowest BCUT2D eigenvalue weighted by molar-refractivity contribution is -0.116. The average Bonchev–Trinajstić information content (AvgIpc) is 2.95.